The van der Waals surface area contributed by atoms with Gasteiger partial charge in [-0.15, -0.1) is 0 Å². The Kier molecular flexibility index (Phi) is 4.95. The van der Waals surface area contributed by atoms with E-state index in [9.17, 15) is 5.11 Å². The molecular formula is C16H19NO2. The molecule has 0 aliphatic rings. The third-order valence-corrected chi connectivity index (χ3v) is 2.97. The number of rotatable bonds is 6. The third kappa shape index (κ3) is 4.09. The molecule has 0 saturated heterocycles. The summed E-state index contributed by atoms with van der Waals surface area (Å²) in [4.78, 5) is 0. The van der Waals surface area contributed by atoms with E-state index in [1.54, 1.807) is 13.2 Å². The maximum absolute atomic E-state index is 9.65. The van der Waals surface area contributed by atoms with Crippen LogP contribution in [0.25, 0.3) is 0 Å². The first-order valence-corrected chi connectivity index (χ1v) is 6.34. The summed E-state index contributed by atoms with van der Waals surface area (Å²) in [5.41, 5.74) is 3.31. The summed E-state index contributed by atoms with van der Waals surface area (Å²) < 4.78 is 5.08. The summed E-state index contributed by atoms with van der Waals surface area (Å²) in [5.74, 6) is 0.338. The van der Waals surface area contributed by atoms with Crippen molar-refractivity contribution in [3.63, 3.8) is 0 Å². The fourth-order valence-electron chi connectivity index (χ4n) is 1.92. The Morgan fingerprint density at radius 1 is 0.947 bits per heavy atom. The van der Waals surface area contributed by atoms with Crippen molar-refractivity contribution in [2.24, 2.45) is 0 Å². The molecular weight excluding hydrogens is 238 g/mol. The van der Waals surface area contributed by atoms with E-state index in [1.807, 2.05) is 18.2 Å². The minimum Gasteiger partial charge on any atom is -0.508 e. The number of ether oxygens (including phenoxy) is 1. The summed E-state index contributed by atoms with van der Waals surface area (Å²) in [6.45, 7) is 2.08. The first kappa shape index (κ1) is 13.6. The second kappa shape index (κ2) is 6.92. The number of hydrogen-bond acceptors (Lipinski definition) is 3. The highest BCUT2D eigenvalue weighted by molar-refractivity contribution is 5.31. The van der Waals surface area contributed by atoms with E-state index in [4.69, 9.17) is 4.74 Å². The van der Waals surface area contributed by atoms with Crippen LogP contribution in [0.5, 0.6) is 5.75 Å². The molecule has 0 atom stereocenters. The van der Waals surface area contributed by atoms with Gasteiger partial charge < -0.3 is 15.2 Å². The molecule has 0 saturated carbocycles. The maximum atomic E-state index is 9.65. The van der Waals surface area contributed by atoms with E-state index >= 15 is 0 Å². The standard InChI is InChI=1S/C16H19NO2/c1-19-12-14-8-6-13(7-9-14)10-17-11-15-4-2-3-5-16(15)18/h2-9,17-18H,10-12H2,1H3. The molecule has 0 amide bonds. The van der Waals surface area contributed by atoms with Gasteiger partial charge in [0, 0.05) is 25.8 Å². The molecule has 2 aromatic carbocycles. The summed E-state index contributed by atoms with van der Waals surface area (Å²) in [5, 5.41) is 13.0. The number of phenolic OH excluding ortho intramolecular Hbond substituents is 1. The number of methoxy groups -OCH3 is 1. The number of benzene rings is 2. The number of aromatic hydroxyl groups is 1. The average Bonchev–Trinajstić information content (AvgIpc) is 2.43. The largest absolute Gasteiger partial charge is 0.508 e. The van der Waals surface area contributed by atoms with E-state index < -0.39 is 0 Å². The van der Waals surface area contributed by atoms with Gasteiger partial charge in [-0.25, -0.2) is 0 Å². The fourth-order valence-corrected chi connectivity index (χ4v) is 1.92. The lowest BCUT2D eigenvalue weighted by Crippen LogP contribution is -2.12. The highest BCUT2D eigenvalue weighted by Gasteiger charge is 1.99. The molecule has 2 rings (SSSR count). The van der Waals surface area contributed by atoms with Crippen LogP contribution in [0, 0.1) is 0 Å². The van der Waals surface area contributed by atoms with Crippen LogP contribution in [0.2, 0.25) is 0 Å². The zero-order chi connectivity index (χ0) is 13.5. The summed E-state index contributed by atoms with van der Waals surface area (Å²) in [7, 11) is 1.70. The monoisotopic (exact) mass is 257 g/mol. The van der Waals surface area contributed by atoms with Crippen molar-refractivity contribution in [2.45, 2.75) is 19.7 Å². The molecule has 0 aliphatic carbocycles. The van der Waals surface area contributed by atoms with Gasteiger partial charge in [-0.2, -0.15) is 0 Å². The fraction of sp³-hybridized carbons (Fsp3) is 0.250. The van der Waals surface area contributed by atoms with Crippen molar-refractivity contribution in [3.8, 4) is 5.75 Å². The second-order valence-electron chi connectivity index (χ2n) is 4.48. The van der Waals surface area contributed by atoms with Crippen LogP contribution in [0.15, 0.2) is 48.5 Å². The van der Waals surface area contributed by atoms with Crippen LogP contribution < -0.4 is 5.32 Å². The molecule has 3 nitrogen and oxygen atoms in total. The van der Waals surface area contributed by atoms with Gasteiger partial charge in [-0.1, -0.05) is 42.5 Å². The lowest BCUT2D eigenvalue weighted by molar-refractivity contribution is 0.185. The molecule has 19 heavy (non-hydrogen) atoms. The predicted molar refractivity (Wildman–Crippen MR) is 75.8 cm³/mol. The average molecular weight is 257 g/mol. The Bertz CT molecular complexity index is 508. The Hall–Kier alpha value is -1.84. The molecule has 0 spiro atoms. The van der Waals surface area contributed by atoms with E-state index in [0.717, 1.165) is 12.1 Å². The van der Waals surface area contributed by atoms with Crippen LogP contribution in [0.1, 0.15) is 16.7 Å². The lowest BCUT2D eigenvalue weighted by Gasteiger charge is -2.07. The molecule has 0 radical (unpaired) electrons. The highest BCUT2D eigenvalue weighted by atomic mass is 16.5. The normalized spacial score (nSPS) is 10.6. The SMILES string of the molecule is COCc1ccc(CNCc2ccccc2O)cc1. The van der Waals surface area contributed by atoms with Crippen LogP contribution in [0.3, 0.4) is 0 Å². The molecule has 2 aromatic rings. The highest BCUT2D eigenvalue weighted by Crippen LogP contribution is 2.15. The van der Waals surface area contributed by atoms with Gasteiger partial charge in [-0.3, -0.25) is 0 Å². The molecule has 0 aromatic heterocycles. The van der Waals surface area contributed by atoms with E-state index in [1.165, 1.54) is 11.1 Å². The third-order valence-electron chi connectivity index (χ3n) is 2.97. The maximum Gasteiger partial charge on any atom is 0.120 e. The summed E-state index contributed by atoms with van der Waals surface area (Å²) in [6.07, 6.45) is 0. The minimum absolute atomic E-state index is 0.338. The van der Waals surface area contributed by atoms with E-state index in [-0.39, 0.29) is 0 Å². The lowest BCUT2D eigenvalue weighted by atomic mass is 10.1. The molecule has 0 unspecified atom stereocenters. The van der Waals surface area contributed by atoms with Crippen LogP contribution in [0.4, 0.5) is 0 Å². The van der Waals surface area contributed by atoms with Crippen LogP contribution in [-0.2, 0) is 24.4 Å². The first-order chi connectivity index (χ1) is 9.29. The minimum atomic E-state index is 0.338. The quantitative estimate of drug-likeness (QED) is 0.836. The zero-order valence-corrected chi connectivity index (χ0v) is 11.1. The van der Waals surface area contributed by atoms with Gasteiger partial charge in [0.15, 0.2) is 0 Å². The molecule has 3 heteroatoms. The molecule has 2 N–H and O–H groups in total. The first-order valence-electron chi connectivity index (χ1n) is 6.34. The molecule has 0 fully saturated rings. The number of nitrogens with one attached hydrogen (secondary N) is 1. The molecule has 0 aliphatic heterocycles. The van der Waals surface area contributed by atoms with Crippen molar-refractivity contribution in [1.82, 2.24) is 5.32 Å². The zero-order valence-electron chi connectivity index (χ0n) is 11.1. The second-order valence-corrected chi connectivity index (χ2v) is 4.48. The number of para-hydroxylation sites is 1. The van der Waals surface area contributed by atoms with Gasteiger partial charge in [0.25, 0.3) is 0 Å². The van der Waals surface area contributed by atoms with Gasteiger partial charge in [0.05, 0.1) is 6.61 Å². The van der Waals surface area contributed by atoms with E-state index in [2.05, 4.69) is 29.6 Å². The van der Waals surface area contributed by atoms with Crippen LogP contribution >= 0.6 is 0 Å². The van der Waals surface area contributed by atoms with E-state index in [0.29, 0.717) is 18.9 Å². The summed E-state index contributed by atoms with van der Waals surface area (Å²) in [6, 6.07) is 15.7. The van der Waals surface area contributed by atoms with Crippen LogP contribution in [-0.4, -0.2) is 12.2 Å². The predicted octanol–water partition coefficient (Wildman–Crippen LogP) is 2.83. The van der Waals surface area contributed by atoms with Crippen molar-refractivity contribution in [2.75, 3.05) is 7.11 Å². The van der Waals surface area contributed by atoms with Gasteiger partial charge >= 0.3 is 0 Å². The van der Waals surface area contributed by atoms with Crippen molar-refractivity contribution < 1.29 is 9.84 Å². The Labute approximate surface area is 113 Å². The van der Waals surface area contributed by atoms with Gasteiger partial charge in [0.1, 0.15) is 5.75 Å². The van der Waals surface area contributed by atoms with Crippen molar-refractivity contribution in [1.29, 1.82) is 0 Å². The smallest absolute Gasteiger partial charge is 0.120 e. The number of phenols is 1. The Morgan fingerprint density at radius 2 is 1.63 bits per heavy atom. The van der Waals surface area contributed by atoms with Crippen molar-refractivity contribution >= 4 is 0 Å². The molecule has 0 bridgehead atoms. The molecule has 100 valence electrons. The summed E-state index contributed by atoms with van der Waals surface area (Å²) >= 11 is 0. The molecule has 0 heterocycles. The Morgan fingerprint density at radius 3 is 2.32 bits per heavy atom. The van der Waals surface area contributed by atoms with Crippen molar-refractivity contribution in [3.05, 3.63) is 65.2 Å². The Balaban J connectivity index is 1.84. The van der Waals surface area contributed by atoms with Gasteiger partial charge in [-0.05, 0) is 17.2 Å². The number of hydrogen-bond donors (Lipinski definition) is 2. The topological polar surface area (TPSA) is 41.5 Å². The van der Waals surface area contributed by atoms with Gasteiger partial charge in [0.2, 0.25) is 0 Å².